The Bertz CT molecular complexity index is 750. The lowest BCUT2D eigenvalue weighted by Gasteiger charge is -2.30. The third-order valence-electron chi connectivity index (χ3n) is 4.33. The van der Waals surface area contributed by atoms with Gasteiger partial charge in [0.05, 0.1) is 0 Å². The standard InChI is InChI=1S/C18H21ClN4O/c1-12-5-4-10-23(11-12)18-20-9-8-16(22-18)17(24)21-15-7-3-6-14(19)13(15)2/h3,6-9,12H,4-5,10-11H2,1-2H3,(H,21,24). The SMILES string of the molecule is Cc1c(Cl)cccc1NC(=O)c1ccnc(N2CCCC(C)C2)n1. The van der Waals surface area contributed by atoms with Crippen LogP contribution in [-0.2, 0) is 0 Å². The summed E-state index contributed by atoms with van der Waals surface area (Å²) in [4.78, 5) is 23.4. The predicted molar refractivity (Wildman–Crippen MR) is 96.8 cm³/mol. The molecule has 1 saturated heterocycles. The van der Waals surface area contributed by atoms with Gasteiger partial charge in [0.2, 0.25) is 5.95 Å². The van der Waals surface area contributed by atoms with E-state index >= 15 is 0 Å². The Kier molecular flexibility index (Phi) is 5.00. The van der Waals surface area contributed by atoms with Gasteiger partial charge < -0.3 is 10.2 Å². The van der Waals surface area contributed by atoms with Gasteiger partial charge in [0.15, 0.2) is 0 Å². The highest BCUT2D eigenvalue weighted by atomic mass is 35.5. The van der Waals surface area contributed by atoms with Crippen LogP contribution in [0.4, 0.5) is 11.6 Å². The predicted octanol–water partition coefficient (Wildman–Crippen LogP) is 3.93. The molecule has 0 saturated carbocycles. The first-order valence-corrected chi connectivity index (χ1v) is 8.57. The van der Waals surface area contributed by atoms with Gasteiger partial charge in [-0.2, -0.15) is 0 Å². The highest BCUT2D eigenvalue weighted by Gasteiger charge is 2.20. The highest BCUT2D eigenvalue weighted by molar-refractivity contribution is 6.31. The fourth-order valence-corrected chi connectivity index (χ4v) is 3.10. The second-order valence-corrected chi connectivity index (χ2v) is 6.71. The minimum Gasteiger partial charge on any atom is -0.341 e. The van der Waals surface area contributed by atoms with Gasteiger partial charge in [-0.3, -0.25) is 4.79 Å². The summed E-state index contributed by atoms with van der Waals surface area (Å²) in [5.41, 5.74) is 1.89. The van der Waals surface area contributed by atoms with E-state index in [1.165, 1.54) is 6.42 Å². The van der Waals surface area contributed by atoms with Gasteiger partial charge in [-0.15, -0.1) is 0 Å². The van der Waals surface area contributed by atoms with Crippen molar-refractivity contribution in [1.29, 1.82) is 0 Å². The maximum absolute atomic E-state index is 12.5. The van der Waals surface area contributed by atoms with Crippen LogP contribution in [0.2, 0.25) is 5.02 Å². The lowest BCUT2D eigenvalue weighted by Crippen LogP contribution is -2.35. The molecule has 2 aromatic rings. The number of halogens is 1. The molecule has 1 aliphatic heterocycles. The van der Waals surface area contributed by atoms with Crippen LogP contribution in [-0.4, -0.2) is 29.0 Å². The molecule has 0 aliphatic carbocycles. The third kappa shape index (κ3) is 3.67. The van der Waals surface area contributed by atoms with Crippen LogP contribution in [0, 0.1) is 12.8 Å². The average molecular weight is 345 g/mol. The zero-order valence-corrected chi connectivity index (χ0v) is 14.7. The van der Waals surface area contributed by atoms with Crippen molar-refractivity contribution in [3.8, 4) is 0 Å². The van der Waals surface area contributed by atoms with E-state index in [0.717, 1.165) is 25.1 Å². The van der Waals surface area contributed by atoms with E-state index in [0.29, 0.717) is 28.3 Å². The van der Waals surface area contributed by atoms with E-state index in [2.05, 4.69) is 27.1 Å². The van der Waals surface area contributed by atoms with Gasteiger partial charge in [-0.25, -0.2) is 9.97 Å². The van der Waals surface area contributed by atoms with Crippen molar-refractivity contribution in [2.75, 3.05) is 23.3 Å². The zero-order chi connectivity index (χ0) is 17.1. The molecule has 1 aromatic carbocycles. The number of anilines is 2. The summed E-state index contributed by atoms with van der Waals surface area (Å²) < 4.78 is 0. The molecule has 1 unspecified atom stereocenters. The highest BCUT2D eigenvalue weighted by Crippen LogP contribution is 2.24. The normalized spacial score (nSPS) is 17.6. The summed E-state index contributed by atoms with van der Waals surface area (Å²) in [6.07, 6.45) is 3.99. The number of hydrogen-bond donors (Lipinski definition) is 1. The minimum absolute atomic E-state index is 0.255. The zero-order valence-electron chi connectivity index (χ0n) is 13.9. The third-order valence-corrected chi connectivity index (χ3v) is 4.74. The van der Waals surface area contributed by atoms with Gasteiger partial charge in [0, 0.05) is 30.0 Å². The second kappa shape index (κ2) is 7.18. The molecule has 1 amide bonds. The van der Waals surface area contributed by atoms with E-state index in [4.69, 9.17) is 11.6 Å². The summed E-state index contributed by atoms with van der Waals surface area (Å²) in [5.74, 6) is 0.986. The molecular formula is C18H21ClN4O. The van der Waals surface area contributed by atoms with Crippen molar-refractivity contribution in [1.82, 2.24) is 9.97 Å². The monoisotopic (exact) mass is 344 g/mol. The molecular weight excluding hydrogens is 324 g/mol. The largest absolute Gasteiger partial charge is 0.341 e. The molecule has 1 aromatic heterocycles. The van der Waals surface area contributed by atoms with Gasteiger partial charge in [0.1, 0.15) is 5.69 Å². The summed E-state index contributed by atoms with van der Waals surface area (Å²) in [6, 6.07) is 7.07. The van der Waals surface area contributed by atoms with Crippen molar-refractivity contribution >= 4 is 29.1 Å². The van der Waals surface area contributed by atoms with Gasteiger partial charge in [0.25, 0.3) is 5.91 Å². The number of benzene rings is 1. The Labute approximate surface area is 147 Å². The molecule has 0 radical (unpaired) electrons. The molecule has 2 heterocycles. The van der Waals surface area contributed by atoms with Gasteiger partial charge in [-0.05, 0) is 49.4 Å². The number of piperidine rings is 1. The first-order chi connectivity index (χ1) is 11.5. The Morgan fingerprint density at radius 3 is 3.00 bits per heavy atom. The number of amides is 1. The molecule has 1 aliphatic rings. The van der Waals surface area contributed by atoms with Gasteiger partial charge in [-0.1, -0.05) is 24.6 Å². The minimum atomic E-state index is -0.255. The van der Waals surface area contributed by atoms with Crippen LogP contribution in [0.25, 0.3) is 0 Å². The number of aromatic nitrogens is 2. The summed E-state index contributed by atoms with van der Waals surface area (Å²) in [6.45, 7) is 5.96. The molecule has 3 rings (SSSR count). The molecule has 0 bridgehead atoms. The maximum Gasteiger partial charge on any atom is 0.274 e. The van der Waals surface area contributed by atoms with Crippen LogP contribution >= 0.6 is 11.6 Å². The second-order valence-electron chi connectivity index (χ2n) is 6.30. The topological polar surface area (TPSA) is 58.1 Å². The van der Waals surface area contributed by atoms with Gasteiger partial charge >= 0.3 is 0 Å². The van der Waals surface area contributed by atoms with Crippen molar-refractivity contribution in [2.45, 2.75) is 26.7 Å². The number of nitrogens with zero attached hydrogens (tertiary/aromatic N) is 3. The van der Waals surface area contributed by atoms with Crippen LogP contribution in [0.3, 0.4) is 0 Å². The molecule has 1 fully saturated rings. The smallest absolute Gasteiger partial charge is 0.274 e. The van der Waals surface area contributed by atoms with E-state index in [9.17, 15) is 4.79 Å². The van der Waals surface area contributed by atoms with Crippen molar-refractivity contribution in [3.05, 3.63) is 46.7 Å². The first kappa shape index (κ1) is 16.7. The molecule has 0 spiro atoms. The van der Waals surface area contributed by atoms with E-state index in [1.54, 1.807) is 18.3 Å². The number of nitrogens with one attached hydrogen (secondary N) is 1. The Morgan fingerprint density at radius 1 is 1.38 bits per heavy atom. The summed E-state index contributed by atoms with van der Waals surface area (Å²) in [7, 11) is 0. The first-order valence-electron chi connectivity index (χ1n) is 8.19. The van der Waals surface area contributed by atoms with E-state index in [-0.39, 0.29) is 5.91 Å². The molecule has 1 atom stereocenters. The number of hydrogen-bond acceptors (Lipinski definition) is 4. The van der Waals surface area contributed by atoms with Crippen LogP contribution in [0.5, 0.6) is 0 Å². The molecule has 1 N–H and O–H groups in total. The molecule has 6 heteroatoms. The van der Waals surface area contributed by atoms with E-state index < -0.39 is 0 Å². The summed E-state index contributed by atoms with van der Waals surface area (Å²) in [5, 5.41) is 3.50. The fraction of sp³-hybridized carbons (Fsp3) is 0.389. The van der Waals surface area contributed by atoms with Crippen molar-refractivity contribution in [3.63, 3.8) is 0 Å². The Morgan fingerprint density at radius 2 is 2.21 bits per heavy atom. The number of rotatable bonds is 3. The molecule has 5 nitrogen and oxygen atoms in total. The van der Waals surface area contributed by atoms with E-state index in [1.807, 2.05) is 19.1 Å². The average Bonchev–Trinajstić information content (AvgIpc) is 2.59. The Hall–Kier alpha value is -2.14. The molecule has 24 heavy (non-hydrogen) atoms. The Balaban J connectivity index is 1.78. The fourth-order valence-electron chi connectivity index (χ4n) is 2.93. The lowest BCUT2D eigenvalue weighted by molar-refractivity contribution is 0.102. The number of carbonyl (C=O) groups excluding carboxylic acids is 1. The van der Waals surface area contributed by atoms with Crippen LogP contribution in [0.1, 0.15) is 35.8 Å². The van der Waals surface area contributed by atoms with Crippen molar-refractivity contribution in [2.24, 2.45) is 5.92 Å². The summed E-state index contributed by atoms with van der Waals surface area (Å²) >= 11 is 6.10. The lowest BCUT2D eigenvalue weighted by atomic mass is 10.0. The van der Waals surface area contributed by atoms with Crippen molar-refractivity contribution < 1.29 is 4.79 Å². The van der Waals surface area contributed by atoms with Crippen LogP contribution in [0.15, 0.2) is 30.5 Å². The maximum atomic E-state index is 12.5. The number of carbonyl (C=O) groups is 1. The van der Waals surface area contributed by atoms with Crippen LogP contribution < -0.4 is 10.2 Å². The molecule has 126 valence electrons. The quantitative estimate of drug-likeness (QED) is 0.916.